The number of fused-ring (bicyclic) bond motifs is 1. The number of carbonyl (C=O) groups excluding carboxylic acids is 3. The minimum Gasteiger partial charge on any atom is -0.349 e. The Morgan fingerprint density at radius 1 is 0.824 bits per heavy atom. The lowest BCUT2D eigenvalue weighted by Gasteiger charge is -2.32. The summed E-state index contributed by atoms with van der Waals surface area (Å²) in [6, 6.07) is 17.2. The van der Waals surface area contributed by atoms with Gasteiger partial charge in [0, 0.05) is 25.0 Å². The molecule has 1 aliphatic carbocycles. The SMILES string of the molecule is O=C(NC1CCN(C(=O)c2ccccc2F)CC1)c1cc2ccccc2cc1NC(=O)C1CC1. The molecule has 174 valence electrons. The van der Waals surface area contributed by atoms with Crippen LogP contribution in [0.3, 0.4) is 0 Å². The van der Waals surface area contributed by atoms with Gasteiger partial charge in [0.15, 0.2) is 0 Å². The normalized spacial score (nSPS) is 16.3. The number of hydrogen-bond donors (Lipinski definition) is 2. The van der Waals surface area contributed by atoms with Crippen molar-refractivity contribution in [1.29, 1.82) is 0 Å². The molecule has 1 saturated heterocycles. The fourth-order valence-corrected chi connectivity index (χ4v) is 4.41. The summed E-state index contributed by atoms with van der Waals surface area (Å²) >= 11 is 0. The number of anilines is 1. The number of amides is 3. The maximum Gasteiger partial charge on any atom is 0.256 e. The Morgan fingerprint density at radius 3 is 2.15 bits per heavy atom. The van der Waals surface area contributed by atoms with E-state index in [1.807, 2.05) is 36.4 Å². The Labute approximate surface area is 197 Å². The molecule has 0 atom stereocenters. The zero-order chi connectivity index (χ0) is 23.7. The van der Waals surface area contributed by atoms with Crippen molar-refractivity contribution in [2.75, 3.05) is 18.4 Å². The predicted octanol–water partition coefficient (Wildman–Crippen LogP) is 4.36. The molecule has 0 spiro atoms. The second-order valence-corrected chi connectivity index (χ2v) is 9.03. The van der Waals surface area contributed by atoms with Crippen LogP contribution in [0, 0.1) is 11.7 Å². The number of benzene rings is 3. The first-order valence-corrected chi connectivity index (χ1v) is 11.7. The van der Waals surface area contributed by atoms with E-state index in [0.717, 1.165) is 23.6 Å². The van der Waals surface area contributed by atoms with Gasteiger partial charge in [0.2, 0.25) is 5.91 Å². The lowest BCUT2D eigenvalue weighted by atomic mass is 10.0. The Kier molecular flexibility index (Phi) is 6.01. The van der Waals surface area contributed by atoms with Gasteiger partial charge < -0.3 is 15.5 Å². The Balaban J connectivity index is 1.28. The second kappa shape index (κ2) is 9.25. The lowest BCUT2D eigenvalue weighted by Crippen LogP contribution is -2.46. The molecule has 3 amide bonds. The van der Waals surface area contributed by atoms with Crippen LogP contribution in [0.15, 0.2) is 60.7 Å². The number of nitrogens with one attached hydrogen (secondary N) is 2. The molecule has 34 heavy (non-hydrogen) atoms. The van der Waals surface area contributed by atoms with Gasteiger partial charge in [0.05, 0.1) is 16.8 Å². The van der Waals surface area contributed by atoms with E-state index < -0.39 is 5.82 Å². The highest BCUT2D eigenvalue weighted by atomic mass is 19.1. The topological polar surface area (TPSA) is 78.5 Å². The lowest BCUT2D eigenvalue weighted by molar-refractivity contribution is -0.117. The third-order valence-electron chi connectivity index (χ3n) is 6.56. The molecule has 3 aromatic carbocycles. The van der Waals surface area contributed by atoms with Crippen molar-refractivity contribution in [3.8, 4) is 0 Å². The van der Waals surface area contributed by atoms with Crippen molar-refractivity contribution in [3.63, 3.8) is 0 Å². The number of piperidine rings is 1. The third kappa shape index (κ3) is 4.64. The highest BCUT2D eigenvalue weighted by Gasteiger charge is 2.31. The van der Waals surface area contributed by atoms with Gasteiger partial charge in [-0.05, 0) is 60.7 Å². The molecule has 1 saturated carbocycles. The summed E-state index contributed by atoms with van der Waals surface area (Å²) in [5.74, 6) is -1.14. The number of halogens is 1. The molecule has 2 N–H and O–H groups in total. The zero-order valence-electron chi connectivity index (χ0n) is 18.7. The quantitative estimate of drug-likeness (QED) is 0.595. The molecule has 0 bridgehead atoms. The van der Waals surface area contributed by atoms with Crippen molar-refractivity contribution in [3.05, 3.63) is 77.6 Å². The summed E-state index contributed by atoms with van der Waals surface area (Å²) in [6.07, 6.45) is 2.91. The minimum absolute atomic E-state index is 0.0266. The van der Waals surface area contributed by atoms with Crippen molar-refractivity contribution in [2.24, 2.45) is 5.92 Å². The van der Waals surface area contributed by atoms with E-state index in [1.165, 1.54) is 12.1 Å². The van der Waals surface area contributed by atoms with Crippen LogP contribution in [0.4, 0.5) is 10.1 Å². The molecule has 2 aliphatic rings. The van der Waals surface area contributed by atoms with Crippen LogP contribution >= 0.6 is 0 Å². The van der Waals surface area contributed by atoms with E-state index in [9.17, 15) is 18.8 Å². The highest BCUT2D eigenvalue weighted by Crippen LogP contribution is 2.32. The van der Waals surface area contributed by atoms with E-state index in [1.54, 1.807) is 17.0 Å². The first-order chi connectivity index (χ1) is 16.5. The summed E-state index contributed by atoms with van der Waals surface area (Å²) < 4.78 is 14.0. The highest BCUT2D eigenvalue weighted by molar-refractivity contribution is 6.08. The van der Waals surface area contributed by atoms with E-state index in [4.69, 9.17) is 0 Å². The number of likely N-dealkylation sites (tertiary alicyclic amines) is 1. The van der Waals surface area contributed by atoms with Gasteiger partial charge in [-0.15, -0.1) is 0 Å². The van der Waals surface area contributed by atoms with E-state index in [2.05, 4.69) is 10.6 Å². The van der Waals surface area contributed by atoms with Gasteiger partial charge in [0.25, 0.3) is 11.8 Å². The first kappa shape index (κ1) is 22.1. The van der Waals surface area contributed by atoms with Gasteiger partial charge in [-0.3, -0.25) is 14.4 Å². The molecule has 2 fully saturated rings. The van der Waals surface area contributed by atoms with E-state index in [0.29, 0.717) is 37.2 Å². The Morgan fingerprint density at radius 2 is 1.47 bits per heavy atom. The van der Waals surface area contributed by atoms with Gasteiger partial charge in [-0.25, -0.2) is 4.39 Å². The van der Waals surface area contributed by atoms with Crippen LogP contribution in [0.2, 0.25) is 0 Å². The van der Waals surface area contributed by atoms with Crippen LogP contribution in [0.5, 0.6) is 0 Å². The minimum atomic E-state index is -0.528. The zero-order valence-corrected chi connectivity index (χ0v) is 18.7. The van der Waals surface area contributed by atoms with Crippen LogP contribution in [0.25, 0.3) is 10.8 Å². The summed E-state index contributed by atoms with van der Waals surface area (Å²) in [7, 11) is 0. The van der Waals surface area contributed by atoms with Gasteiger partial charge in [-0.2, -0.15) is 0 Å². The molecule has 6 nitrogen and oxygen atoms in total. The Bertz CT molecular complexity index is 1260. The van der Waals surface area contributed by atoms with Crippen LogP contribution in [0.1, 0.15) is 46.4 Å². The number of hydrogen-bond acceptors (Lipinski definition) is 3. The predicted molar refractivity (Wildman–Crippen MR) is 128 cm³/mol. The van der Waals surface area contributed by atoms with Gasteiger partial charge >= 0.3 is 0 Å². The van der Waals surface area contributed by atoms with Crippen molar-refractivity contribution in [2.45, 2.75) is 31.7 Å². The van der Waals surface area contributed by atoms with Crippen molar-refractivity contribution >= 4 is 34.2 Å². The van der Waals surface area contributed by atoms with Crippen LogP contribution in [-0.4, -0.2) is 41.8 Å². The molecule has 0 unspecified atom stereocenters. The monoisotopic (exact) mass is 459 g/mol. The average molecular weight is 460 g/mol. The molecule has 0 radical (unpaired) electrons. The summed E-state index contributed by atoms with van der Waals surface area (Å²) in [5, 5.41) is 7.87. The molecular weight excluding hydrogens is 433 g/mol. The second-order valence-electron chi connectivity index (χ2n) is 9.03. The molecule has 3 aromatic rings. The standard InChI is InChI=1S/C27H26FN3O3/c28-23-8-4-3-7-21(23)27(34)31-13-11-20(12-14-31)29-26(33)22-15-18-5-1-2-6-19(18)16-24(22)30-25(32)17-9-10-17/h1-8,15-17,20H,9-14H2,(H,29,33)(H,30,32). The summed E-state index contributed by atoms with van der Waals surface area (Å²) in [5.41, 5.74) is 1.01. The maximum absolute atomic E-state index is 14.0. The molecule has 1 aliphatic heterocycles. The maximum atomic E-state index is 14.0. The van der Waals surface area contributed by atoms with Crippen LogP contribution in [-0.2, 0) is 4.79 Å². The van der Waals surface area contributed by atoms with Gasteiger partial charge in [0.1, 0.15) is 5.82 Å². The van der Waals surface area contributed by atoms with E-state index >= 15 is 0 Å². The summed E-state index contributed by atoms with van der Waals surface area (Å²) in [6.45, 7) is 0.863. The number of rotatable bonds is 5. The third-order valence-corrected chi connectivity index (χ3v) is 6.56. The summed E-state index contributed by atoms with van der Waals surface area (Å²) in [4.78, 5) is 39.9. The largest absolute Gasteiger partial charge is 0.349 e. The molecule has 7 heteroatoms. The van der Waals surface area contributed by atoms with Crippen molar-refractivity contribution in [1.82, 2.24) is 10.2 Å². The van der Waals surface area contributed by atoms with E-state index in [-0.39, 0.29) is 35.2 Å². The fourth-order valence-electron chi connectivity index (χ4n) is 4.41. The number of nitrogens with zero attached hydrogens (tertiary/aromatic N) is 1. The molecule has 0 aromatic heterocycles. The fraction of sp³-hybridized carbons (Fsp3) is 0.296. The van der Waals surface area contributed by atoms with Crippen molar-refractivity contribution < 1.29 is 18.8 Å². The number of carbonyl (C=O) groups is 3. The average Bonchev–Trinajstić information content (AvgIpc) is 3.70. The van der Waals surface area contributed by atoms with Crippen LogP contribution < -0.4 is 10.6 Å². The first-order valence-electron chi connectivity index (χ1n) is 11.7. The molecule has 5 rings (SSSR count). The molecule has 1 heterocycles. The molecular formula is C27H26FN3O3. The van der Waals surface area contributed by atoms with Gasteiger partial charge in [-0.1, -0.05) is 36.4 Å². The smallest absolute Gasteiger partial charge is 0.256 e. The Hall–Kier alpha value is -3.74.